The van der Waals surface area contributed by atoms with Crippen molar-refractivity contribution in [2.75, 3.05) is 24.7 Å². The van der Waals surface area contributed by atoms with Crippen LogP contribution in [0.2, 0.25) is 0 Å². The Hall–Kier alpha value is -3.52. The van der Waals surface area contributed by atoms with E-state index < -0.39 is 11.7 Å². The molecule has 2 N–H and O–H groups in total. The maximum Gasteiger partial charge on any atom is 0.266 e. The molecule has 0 aliphatic heterocycles. The van der Waals surface area contributed by atoms with Crippen LogP contribution in [0, 0.1) is 12.7 Å². The molecule has 0 radical (unpaired) electrons. The van der Waals surface area contributed by atoms with E-state index in [0.29, 0.717) is 26.7 Å². The summed E-state index contributed by atoms with van der Waals surface area (Å²) in [6, 6.07) is 13.7. The lowest BCUT2D eigenvalue weighted by Gasteiger charge is -2.11. The monoisotopic (exact) mass is 425 g/mol. The predicted molar refractivity (Wildman–Crippen MR) is 116 cm³/mol. The van der Waals surface area contributed by atoms with E-state index in [4.69, 9.17) is 0 Å². The van der Waals surface area contributed by atoms with Gasteiger partial charge in [0.05, 0.1) is 9.88 Å². The van der Waals surface area contributed by atoms with E-state index in [-0.39, 0.29) is 17.4 Å². The van der Waals surface area contributed by atoms with Crippen molar-refractivity contribution >= 4 is 39.7 Å². The van der Waals surface area contributed by atoms with E-state index in [1.807, 2.05) is 0 Å². The Balaban J connectivity index is 1.73. The van der Waals surface area contributed by atoms with Crippen LogP contribution in [0.25, 0.3) is 0 Å². The molecular formula is C22H20FN3O3S. The van der Waals surface area contributed by atoms with Crippen molar-refractivity contribution in [1.29, 1.82) is 0 Å². The minimum atomic E-state index is -0.500. The topological polar surface area (TPSA) is 78.5 Å². The van der Waals surface area contributed by atoms with Gasteiger partial charge in [-0.3, -0.25) is 14.4 Å². The van der Waals surface area contributed by atoms with Gasteiger partial charge in [0, 0.05) is 30.9 Å². The highest BCUT2D eigenvalue weighted by Crippen LogP contribution is 2.28. The molecule has 30 heavy (non-hydrogen) atoms. The van der Waals surface area contributed by atoms with Gasteiger partial charge in [0.2, 0.25) is 0 Å². The van der Waals surface area contributed by atoms with Gasteiger partial charge in [-0.15, -0.1) is 11.3 Å². The highest BCUT2D eigenvalue weighted by atomic mass is 32.1. The van der Waals surface area contributed by atoms with Gasteiger partial charge in [0.25, 0.3) is 17.7 Å². The summed E-state index contributed by atoms with van der Waals surface area (Å²) in [7, 11) is 3.31. The van der Waals surface area contributed by atoms with E-state index in [1.54, 1.807) is 51.4 Å². The van der Waals surface area contributed by atoms with Crippen LogP contribution >= 0.6 is 11.3 Å². The van der Waals surface area contributed by atoms with Gasteiger partial charge in [0.15, 0.2) is 0 Å². The maximum absolute atomic E-state index is 13.3. The Bertz CT molecular complexity index is 1120. The lowest BCUT2D eigenvalue weighted by Crippen LogP contribution is -2.21. The van der Waals surface area contributed by atoms with Crippen molar-refractivity contribution in [1.82, 2.24) is 4.90 Å². The largest absolute Gasteiger partial charge is 0.345 e. The minimum Gasteiger partial charge on any atom is -0.345 e. The van der Waals surface area contributed by atoms with E-state index >= 15 is 0 Å². The number of benzene rings is 2. The summed E-state index contributed by atoms with van der Waals surface area (Å²) in [5.74, 6) is -1.48. The summed E-state index contributed by atoms with van der Waals surface area (Å²) < 4.78 is 13.3. The summed E-state index contributed by atoms with van der Waals surface area (Å²) in [6.45, 7) is 1.76. The molecule has 0 bridgehead atoms. The summed E-state index contributed by atoms with van der Waals surface area (Å²) in [6.07, 6.45) is 0. The molecule has 3 amide bonds. The quantitative estimate of drug-likeness (QED) is 0.636. The molecular weight excluding hydrogens is 405 g/mol. The predicted octanol–water partition coefficient (Wildman–Crippen LogP) is 4.40. The SMILES string of the molecule is Cc1cc(NC(=O)c2cccc(F)c2)sc1C(=O)Nc1cccc(C(=O)N(C)C)c1. The average molecular weight is 425 g/mol. The smallest absolute Gasteiger partial charge is 0.266 e. The fourth-order valence-electron chi connectivity index (χ4n) is 2.76. The molecule has 0 unspecified atom stereocenters. The van der Waals surface area contributed by atoms with Crippen molar-refractivity contribution in [3.8, 4) is 0 Å². The molecule has 2 aromatic carbocycles. The molecule has 0 spiro atoms. The highest BCUT2D eigenvalue weighted by Gasteiger charge is 2.17. The van der Waals surface area contributed by atoms with Crippen LogP contribution in [0.15, 0.2) is 54.6 Å². The van der Waals surface area contributed by atoms with Crippen LogP contribution in [0.1, 0.15) is 36.0 Å². The number of anilines is 2. The Morgan fingerprint density at radius 2 is 1.60 bits per heavy atom. The molecule has 8 heteroatoms. The molecule has 0 atom stereocenters. The first-order valence-corrected chi connectivity index (χ1v) is 9.86. The van der Waals surface area contributed by atoms with Crippen molar-refractivity contribution in [3.05, 3.63) is 82.0 Å². The number of aryl methyl sites for hydroxylation is 1. The van der Waals surface area contributed by atoms with Crippen molar-refractivity contribution in [3.63, 3.8) is 0 Å². The zero-order valence-electron chi connectivity index (χ0n) is 16.7. The molecule has 0 fully saturated rings. The van der Waals surface area contributed by atoms with Crippen LogP contribution < -0.4 is 10.6 Å². The Morgan fingerprint density at radius 3 is 2.30 bits per heavy atom. The molecule has 0 aliphatic carbocycles. The molecule has 0 saturated carbocycles. The maximum atomic E-state index is 13.3. The van der Waals surface area contributed by atoms with E-state index in [2.05, 4.69) is 10.6 Å². The Kier molecular flexibility index (Phi) is 6.27. The minimum absolute atomic E-state index is 0.166. The number of amides is 3. The molecule has 0 saturated heterocycles. The van der Waals surface area contributed by atoms with E-state index in [0.717, 1.165) is 17.4 Å². The number of nitrogens with zero attached hydrogens (tertiary/aromatic N) is 1. The van der Waals surface area contributed by atoms with Crippen LogP contribution in [0.5, 0.6) is 0 Å². The standard InChI is InChI=1S/C22H20FN3O3S/c1-13-10-18(25-20(27)14-6-4-8-16(23)11-14)30-19(13)21(28)24-17-9-5-7-15(12-17)22(29)26(2)3/h4-12H,1-3H3,(H,24,28)(H,25,27). The first-order valence-electron chi connectivity index (χ1n) is 9.05. The normalized spacial score (nSPS) is 10.4. The summed E-state index contributed by atoms with van der Waals surface area (Å²) in [5, 5.41) is 5.94. The Morgan fingerprint density at radius 1 is 0.900 bits per heavy atom. The number of carbonyl (C=O) groups excluding carboxylic acids is 3. The first kappa shape index (κ1) is 21.2. The van der Waals surface area contributed by atoms with Gasteiger partial charge in [-0.05, 0) is 55.0 Å². The zero-order valence-corrected chi connectivity index (χ0v) is 17.5. The van der Waals surface area contributed by atoms with Gasteiger partial charge >= 0.3 is 0 Å². The van der Waals surface area contributed by atoms with E-state index in [9.17, 15) is 18.8 Å². The molecule has 0 aliphatic rings. The van der Waals surface area contributed by atoms with Gasteiger partial charge in [-0.25, -0.2) is 4.39 Å². The summed E-state index contributed by atoms with van der Waals surface area (Å²) >= 11 is 1.12. The molecule has 3 rings (SSSR count). The summed E-state index contributed by atoms with van der Waals surface area (Å²) in [5.41, 5.74) is 1.83. The fourth-order valence-corrected chi connectivity index (χ4v) is 3.72. The number of nitrogens with one attached hydrogen (secondary N) is 2. The number of thiophene rings is 1. The Labute approximate surface area is 177 Å². The number of hydrogen-bond acceptors (Lipinski definition) is 4. The number of halogens is 1. The second kappa shape index (κ2) is 8.87. The van der Waals surface area contributed by atoms with E-state index in [1.165, 1.54) is 23.1 Å². The molecule has 6 nitrogen and oxygen atoms in total. The van der Waals surface area contributed by atoms with Crippen molar-refractivity contribution < 1.29 is 18.8 Å². The van der Waals surface area contributed by atoms with Gasteiger partial charge in [0.1, 0.15) is 5.82 Å². The summed E-state index contributed by atoms with van der Waals surface area (Å²) in [4.78, 5) is 39.0. The van der Waals surface area contributed by atoms with Crippen LogP contribution in [-0.2, 0) is 0 Å². The van der Waals surface area contributed by atoms with Gasteiger partial charge in [-0.2, -0.15) is 0 Å². The lowest BCUT2D eigenvalue weighted by atomic mass is 10.1. The lowest BCUT2D eigenvalue weighted by molar-refractivity contribution is 0.0827. The molecule has 3 aromatic rings. The molecule has 1 aromatic heterocycles. The number of rotatable bonds is 5. The highest BCUT2D eigenvalue weighted by molar-refractivity contribution is 7.18. The third-order valence-electron chi connectivity index (χ3n) is 4.22. The van der Waals surface area contributed by atoms with Crippen molar-refractivity contribution in [2.24, 2.45) is 0 Å². The van der Waals surface area contributed by atoms with Gasteiger partial charge < -0.3 is 15.5 Å². The van der Waals surface area contributed by atoms with Gasteiger partial charge in [-0.1, -0.05) is 12.1 Å². The molecule has 1 heterocycles. The second-order valence-electron chi connectivity index (χ2n) is 6.82. The zero-order chi connectivity index (χ0) is 21.8. The molecule has 154 valence electrons. The number of carbonyl (C=O) groups is 3. The fraction of sp³-hybridized carbons (Fsp3) is 0.136. The van der Waals surface area contributed by atoms with Crippen LogP contribution in [0.4, 0.5) is 15.1 Å². The van der Waals surface area contributed by atoms with Crippen LogP contribution in [-0.4, -0.2) is 36.7 Å². The third-order valence-corrected chi connectivity index (χ3v) is 5.37. The number of hydrogen-bond donors (Lipinski definition) is 2. The first-order chi connectivity index (χ1) is 14.2. The third kappa shape index (κ3) is 4.90. The average Bonchev–Trinajstić information content (AvgIpc) is 3.07. The second-order valence-corrected chi connectivity index (χ2v) is 7.87. The van der Waals surface area contributed by atoms with Crippen molar-refractivity contribution in [2.45, 2.75) is 6.92 Å². The van der Waals surface area contributed by atoms with Crippen LogP contribution in [0.3, 0.4) is 0 Å².